The van der Waals surface area contributed by atoms with E-state index >= 15 is 0 Å². The summed E-state index contributed by atoms with van der Waals surface area (Å²) in [7, 11) is 0. The van der Waals surface area contributed by atoms with Gasteiger partial charge in [-0.15, -0.1) is 11.3 Å². The number of ketones is 1. The van der Waals surface area contributed by atoms with E-state index in [1.54, 1.807) is 29.5 Å². The van der Waals surface area contributed by atoms with Crippen molar-refractivity contribution in [2.24, 2.45) is 5.92 Å². The van der Waals surface area contributed by atoms with Crippen molar-refractivity contribution in [3.05, 3.63) is 53.0 Å². The summed E-state index contributed by atoms with van der Waals surface area (Å²) in [5.41, 5.74) is 1.29. The highest BCUT2D eigenvalue weighted by Gasteiger charge is 2.26. The number of anilines is 2. The predicted octanol–water partition coefficient (Wildman–Crippen LogP) is 4.66. The van der Waals surface area contributed by atoms with E-state index in [1.165, 1.54) is 21.9 Å². The molecule has 0 unspecified atom stereocenters. The van der Waals surface area contributed by atoms with Crippen LogP contribution >= 0.6 is 11.3 Å². The van der Waals surface area contributed by atoms with Crippen molar-refractivity contribution in [3.63, 3.8) is 0 Å². The Bertz CT molecular complexity index is 1040. The average Bonchev–Trinajstić information content (AvgIpc) is 3.08. The van der Waals surface area contributed by atoms with E-state index in [-0.39, 0.29) is 17.6 Å². The molecule has 4 rings (SSSR count). The van der Waals surface area contributed by atoms with Crippen molar-refractivity contribution in [1.82, 2.24) is 4.98 Å². The maximum absolute atomic E-state index is 12.7. The van der Waals surface area contributed by atoms with E-state index in [9.17, 15) is 9.59 Å². The molecule has 2 aromatic heterocycles. The molecular formula is C22H23N3O2S. The van der Waals surface area contributed by atoms with Crippen LogP contribution in [-0.2, 0) is 4.79 Å². The van der Waals surface area contributed by atoms with Gasteiger partial charge in [0.05, 0.1) is 0 Å². The number of hydrogen-bond acceptors (Lipinski definition) is 5. The number of carbonyl (C=O) groups excluding carboxylic acids is 2. The summed E-state index contributed by atoms with van der Waals surface area (Å²) >= 11 is 1.79. The summed E-state index contributed by atoms with van der Waals surface area (Å²) in [6.07, 6.45) is 3.45. The van der Waals surface area contributed by atoms with Crippen molar-refractivity contribution in [1.29, 1.82) is 0 Å². The molecule has 0 atom stereocenters. The van der Waals surface area contributed by atoms with Crippen molar-refractivity contribution in [2.75, 3.05) is 23.3 Å². The van der Waals surface area contributed by atoms with Gasteiger partial charge in [0, 0.05) is 51.4 Å². The van der Waals surface area contributed by atoms with Crippen molar-refractivity contribution >= 4 is 44.6 Å². The quantitative estimate of drug-likeness (QED) is 0.655. The number of aromatic nitrogens is 1. The molecule has 144 valence electrons. The first-order valence-corrected chi connectivity index (χ1v) is 10.3. The second kappa shape index (κ2) is 7.72. The fraction of sp³-hybridized carbons (Fsp3) is 0.318. The molecule has 3 aromatic rings. The smallest absolute Gasteiger partial charge is 0.227 e. The van der Waals surface area contributed by atoms with Gasteiger partial charge in [-0.25, -0.2) is 4.98 Å². The molecule has 1 fully saturated rings. The maximum atomic E-state index is 12.7. The molecule has 0 spiro atoms. The molecule has 6 heteroatoms. The Morgan fingerprint density at radius 2 is 1.96 bits per heavy atom. The molecule has 1 amide bonds. The summed E-state index contributed by atoms with van der Waals surface area (Å²) < 4.78 is 1.26. The Balaban J connectivity index is 1.41. The Morgan fingerprint density at radius 1 is 1.18 bits per heavy atom. The molecule has 1 aliphatic rings. The number of carbonyl (C=O) groups is 2. The van der Waals surface area contributed by atoms with Crippen LogP contribution in [0.25, 0.3) is 10.1 Å². The van der Waals surface area contributed by atoms with Crippen LogP contribution in [0.3, 0.4) is 0 Å². The first-order valence-electron chi connectivity index (χ1n) is 9.53. The third-order valence-corrected chi connectivity index (χ3v) is 6.27. The molecule has 1 saturated heterocycles. The molecule has 1 aliphatic heterocycles. The van der Waals surface area contributed by atoms with Gasteiger partial charge < -0.3 is 10.2 Å². The fourth-order valence-corrected chi connectivity index (χ4v) is 4.65. The van der Waals surface area contributed by atoms with Gasteiger partial charge in [-0.1, -0.05) is 12.1 Å². The minimum Gasteiger partial charge on any atom is -0.356 e. The van der Waals surface area contributed by atoms with Gasteiger partial charge in [-0.2, -0.15) is 0 Å². The first kappa shape index (κ1) is 18.6. The third kappa shape index (κ3) is 3.78. The number of benzene rings is 1. The van der Waals surface area contributed by atoms with Crippen LogP contribution in [0.5, 0.6) is 0 Å². The summed E-state index contributed by atoms with van der Waals surface area (Å²) in [4.78, 5) is 32.4. The van der Waals surface area contributed by atoms with Crippen LogP contribution < -0.4 is 10.2 Å². The van der Waals surface area contributed by atoms with Crippen LogP contribution in [0.2, 0.25) is 0 Å². The van der Waals surface area contributed by atoms with Crippen molar-refractivity contribution < 1.29 is 9.59 Å². The number of Topliss-reactive ketones (excluding diaryl/α,β-unsaturated/α-hetero) is 1. The molecule has 3 heterocycles. The topological polar surface area (TPSA) is 62.3 Å². The van der Waals surface area contributed by atoms with Gasteiger partial charge in [0.15, 0.2) is 5.78 Å². The van der Waals surface area contributed by atoms with Crippen molar-refractivity contribution in [3.8, 4) is 0 Å². The van der Waals surface area contributed by atoms with Gasteiger partial charge in [0.2, 0.25) is 5.91 Å². The van der Waals surface area contributed by atoms with Gasteiger partial charge in [0.1, 0.15) is 5.82 Å². The Kier molecular flexibility index (Phi) is 5.13. The number of fused-ring (bicyclic) bond motifs is 1. The van der Waals surface area contributed by atoms with Gasteiger partial charge in [0.25, 0.3) is 0 Å². The summed E-state index contributed by atoms with van der Waals surface area (Å²) in [5.74, 6) is 1.02. The number of aryl methyl sites for hydroxylation is 1. The van der Waals surface area contributed by atoms with E-state index in [1.807, 2.05) is 12.3 Å². The zero-order valence-corrected chi connectivity index (χ0v) is 16.9. The lowest BCUT2D eigenvalue weighted by molar-refractivity contribution is -0.120. The number of thiophene rings is 1. The summed E-state index contributed by atoms with van der Waals surface area (Å²) in [6, 6.07) is 11.4. The van der Waals surface area contributed by atoms with E-state index in [2.05, 4.69) is 34.3 Å². The predicted molar refractivity (Wildman–Crippen MR) is 114 cm³/mol. The lowest BCUT2D eigenvalue weighted by Gasteiger charge is -2.32. The minimum absolute atomic E-state index is 0.00486. The zero-order chi connectivity index (χ0) is 19.7. The number of piperidine rings is 1. The molecule has 0 radical (unpaired) electrons. The van der Waals surface area contributed by atoms with E-state index in [4.69, 9.17) is 0 Å². The highest BCUT2D eigenvalue weighted by atomic mass is 32.1. The summed E-state index contributed by atoms with van der Waals surface area (Å²) in [6.45, 7) is 5.27. The number of nitrogens with one attached hydrogen (secondary N) is 1. The largest absolute Gasteiger partial charge is 0.356 e. The second-order valence-electron chi connectivity index (χ2n) is 7.29. The van der Waals surface area contributed by atoms with Crippen LogP contribution in [-0.4, -0.2) is 29.8 Å². The average molecular weight is 394 g/mol. The number of pyridine rings is 1. The van der Waals surface area contributed by atoms with E-state index < -0.39 is 0 Å². The lowest BCUT2D eigenvalue weighted by Crippen LogP contribution is -2.38. The summed E-state index contributed by atoms with van der Waals surface area (Å²) in [5, 5.41) is 4.17. The highest BCUT2D eigenvalue weighted by Crippen LogP contribution is 2.33. The monoisotopic (exact) mass is 393 g/mol. The highest BCUT2D eigenvalue weighted by molar-refractivity contribution is 7.19. The fourth-order valence-electron chi connectivity index (χ4n) is 3.74. The van der Waals surface area contributed by atoms with Gasteiger partial charge >= 0.3 is 0 Å². The molecule has 0 bridgehead atoms. The Hall–Kier alpha value is -2.73. The number of hydrogen-bond donors (Lipinski definition) is 1. The van der Waals surface area contributed by atoms with Crippen LogP contribution in [0.4, 0.5) is 11.5 Å². The molecular weight excluding hydrogens is 370 g/mol. The van der Waals surface area contributed by atoms with E-state index in [0.717, 1.165) is 31.7 Å². The second-order valence-corrected chi connectivity index (χ2v) is 8.58. The van der Waals surface area contributed by atoms with Gasteiger partial charge in [-0.3, -0.25) is 9.59 Å². The van der Waals surface area contributed by atoms with Crippen LogP contribution in [0.1, 0.15) is 35.0 Å². The molecule has 0 aliphatic carbocycles. The molecule has 5 nitrogen and oxygen atoms in total. The zero-order valence-electron chi connectivity index (χ0n) is 16.1. The van der Waals surface area contributed by atoms with E-state index in [0.29, 0.717) is 11.3 Å². The lowest BCUT2D eigenvalue weighted by atomic mass is 9.95. The van der Waals surface area contributed by atoms with Crippen LogP contribution in [0.15, 0.2) is 42.6 Å². The Labute approximate surface area is 168 Å². The Morgan fingerprint density at radius 3 is 2.71 bits per heavy atom. The number of amides is 1. The normalized spacial score (nSPS) is 15.0. The molecule has 28 heavy (non-hydrogen) atoms. The third-order valence-electron chi connectivity index (χ3n) is 5.25. The first-order chi connectivity index (χ1) is 13.5. The SMILES string of the molecule is CC(=O)c1cccc(NC(=O)C2CCN(c3nccc4sc(C)cc34)CC2)c1. The van der Waals surface area contributed by atoms with Crippen molar-refractivity contribution in [2.45, 2.75) is 26.7 Å². The number of rotatable bonds is 4. The maximum Gasteiger partial charge on any atom is 0.227 e. The number of nitrogens with zero attached hydrogens (tertiary/aromatic N) is 2. The molecule has 1 aromatic carbocycles. The molecule has 1 N–H and O–H groups in total. The standard InChI is InChI=1S/C22H23N3O2S/c1-14-12-19-20(28-14)6-9-23-21(19)25-10-7-16(8-11-25)22(27)24-18-5-3-4-17(13-18)15(2)26/h3-6,9,12-13,16H,7-8,10-11H2,1-2H3,(H,24,27). The van der Waals surface area contributed by atoms with Gasteiger partial charge in [-0.05, 0) is 51.0 Å². The minimum atomic E-state index is -0.0272. The molecule has 0 saturated carbocycles. The van der Waals surface area contributed by atoms with Crippen LogP contribution in [0, 0.1) is 12.8 Å².